The van der Waals surface area contributed by atoms with Crippen LogP contribution in [0.3, 0.4) is 0 Å². The van der Waals surface area contributed by atoms with Gasteiger partial charge in [-0.25, -0.2) is 8.42 Å². The average molecular weight is 399 g/mol. The molecule has 1 aromatic carbocycles. The predicted octanol–water partition coefficient (Wildman–Crippen LogP) is -0.303. The van der Waals surface area contributed by atoms with Gasteiger partial charge in [-0.3, -0.25) is 4.79 Å². The number of benzene rings is 1. The van der Waals surface area contributed by atoms with Gasteiger partial charge in [0.25, 0.3) is 5.91 Å². The van der Waals surface area contributed by atoms with E-state index in [2.05, 4.69) is 5.32 Å². The van der Waals surface area contributed by atoms with E-state index >= 15 is 0 Å². The van der Waals surface area contributed by atoms with Gasteiger partial charge in [0.1, 0.15) is 12.6 Å². The van der Waals surface area contributed by atoms with Crippen molar-refractivity contribution in [3.05, 3.63) is 23.8 Å². The van der Waals surface area contributed by atoms with Crippen LogP contribution >= 0.6 is 0 Å². The fourth-order valence-electron chi connectivity index (χ4n) is 3.26. The van der Waals surface area contributed by atoms with Crippen LogP contribution in [0.25, 0.3) is 0 Å². The first-order valence-electron chi connectivity index (χ1n) is 9.38. The molecule has 3 N–H and O–H groups in total. The van der Waals surface area contributed by atoms with Crippen molar-refractivity contribution in [1.82, 2.24) is 4.31 Å². The van der Waals surface area contributed by atoms with E-state index in [0.29, 0.717) is 32.0 Å². The summed E-state index contributed by atoms with van der Waals surface area (Å²) in [6.07, 6.45) is 2.34. The van der Waals surface area contributed by atoms with E-state index < -0.39 is 10.0 Å². The van der Waals surface area contributed by atoms with Crippen molar-refractivity contribution in [2.45, 2.75) is 30.8 Å². The number of rotatable bonds is 7. The van der Waals surface area contributed by atoms with Crippen LogP contribution in [0.5, 0.6) is 0 Å². The molecule has 2 aliphatic heterocycles. The summed E-state index contributed by atoms with van der Waals surface area (Å²) in [5.41, 5.74) is 1.35. The minimum atomic E-state index is -3.59. The molecule has 0 saturated carbocycles. The van der Waals surface area contributed by atoms with Gasteiger partial charge in [0.2, 0.25) is 10.0 Å². The lowest BCUT2D eigenvalue weighted by Gasteiger charge is -2.26. The highest BCUT2D eigenvalue weighted by molar-refractivity contribution is 7.89. The first-order valence-corrected chi connectivity index (χ1v) is 10.8. The maximum Gasteiger partial charge on any atom is 0.279 e. The van der Waals surface area contributed by atoms with Gasteiger partial charge < -0.3 is 20.1 Å². The van der Waals surface area contributed by atoms with Crippen molar-refractivity contribution >= 4 is 21.6 Å². The Morgan fingerprint density at radius 2 is 2.07 bits per heavy atom. The lowest BCUT2D eigenvalue weighted by molar-refractivity contribution is -0.649. The van der Waals surface area contributed by atoms with Gasteiger partial charge in [-0.05, 0) is 37.5 Å². The Kier molecular flexibility index (Phi) is 6.83. The number of hydrogen-bond acceptors (Lipinski definition) is 5. The van der Waals surface area contributed by atoms with Crippen LogP contribution in [0.1, 0.15) is 18.4 Å². The van der Waals surface area contributed by atoms with Crippen molar-refractivity contribution in [3.63, 3.8) is 0 Å². The van der Waals surface area contributed by atoms with Crippen LogP contribution in [-0.4, -0.2) is 70.7 Å². The van der Waals surface area contributed by atoms with E-state index in [9.17, 15) is 13.2 Å². The zero-order valence-electron chi connectivity index (χ0n) is 15.6. The third kappa shape index (κ3) is 5.26. The van der Waals surface area contributed by atoms with E-state index in [4.69, 9.17) is 9.47 Å². The molecule has 27 heavy (non-hydrogen) atoms. The monoisotopic (exact) mass is 398 g/mol. The number of nitrogens with zero attached hydrogens (tertiary/aromatic N) is 1. The number of carbonyl (C=O) groups excluding carboxylic acids is 1. The van der Waals surface area contributed by atoms with Crippen LogP contribution in [0.4, 0.5) is 5.69 Å². The summed E-state index contributed by atoms with van der Waals surface area (Å²) in [7, 11) is -3.59. The number of amides is 1. The average Bonchev–Trinajstić information content (AvgIpc) is 3.17. The minimum absolute atomic E-state index is 0.156. The molecule has 2 aliphatic rings. The lowest BCUT2D eigenvalue weighted by Crippen LogP contribution is -2.88. The Bertz CT molecular complexity index is 756. The van der Waals surface area contributed by atoms with Crippen LogP contribution in [-0.2, 0) is 24.3 Å². The molecule has 2 fully saturated rings. The van der Waals surface area contributed by atoms with Crippen molar-refractivity contribution in [1.29, 1.82) is 0 Å². The molecule has 8 nitrogen and oxygen atoms in total. The topological polar surface area (TPSA) is 102 Å². The van der Waals surface area contributed by atoms with Crippen molar-refractivity contribution in [3.8, 4) is 0 Å². The van der Waals surface area contributed by atoms with E-state index in [0.717, 1.165) is 31.6 Å². The lowest BCUT2D eigenvalue weighted by atomic mass is 10.2. The molecule has 1 amide bonds. The minimum Gasteiger partial charge on any atom is -0.379 e. The summed E-state index contributed by atoms with van der Waals surface area (Å²) in [6.45, 7) is 5.17. The Morgan fingerprint density at radius 1 is 1.30 bits per heavy atom. The smallest absolute Gasteiger partial charge is 0.279 e. The standard InChI is InChI=1S/C18H27N3O5S/c1-14-4-5-16(27(23,24)21-6-9-25-10-7-21)11-17(14)20-18(22)13-19-12-15-3-2-8-26-15/h4-5,11,15,19H,2-3,6-10,12-13H2,1H3,(H,20,22)/p+1/t15-/m0/s1. The second-order valence-electron chi connectivity index (χ2n) is 6.90. The molecule has 9 heteroatoms. The van der Waals surface area contributed by atoms with E-state index in [1.54, 1.807) is 12.1 Å². The molecule has 0 radical (unpaired) electrons. The summed E-state index contributed by atoms with van der Waals surface area (Å²) in [5.74, 6) is -0.156. The van der Waals surface area contributed by atoms with Gasteiger partial charge in [-0.15, -0.1) is 0 Å². The van der Waals surface area contributed by atoms with Gasteiger partial charge in [0, 0.05) is 25.4 Å². The summed E-state index contributed by atoms with van der Waals surface area (Å²) in [5, 5.41) is 4.76. The third-order valence-corrected chi connectivity index (χ3v) is 6.77. The van der Waals surface area contributed by atoms with Gasteiger partial charge >= 0.3 is 0 Å². The Labute approximate surface area is 160 Å². The zero-order chi connectivity index (χ0) is 19.3. The fourth-order valence-corrected chi connectivity index (χ4v) is 4.70. The number of morpholine rings is 1. The predicted molar refractivity (Wildman–Crippen MR) is 100 cm³/mol. The largest absolute Gasteiger partial charge is 0.379 e. The van der Waals surface area contributed by atoms with E-state index in [1.807, 2.05) is 12.2 Å². The maximum absolute atomic E-state index is 12.8. The first kappa shape index (κ1) is 20.2. The quantitative estimate of drug-likeness (QED) is 0.657. The SMILES string of the molecule is Cc1ccc(S(=O)(=O)N2CCOCC2)cc1NC(=O)C[NH2+]C[C@@H]1CCCO1. The number of nitrogens with two attached hydrogens (primary N) is 1. The molecule has 1 atom stereocenters. The molecule has 1 aromatic rings. The van der Waals surface area contributed by atoms with Crippen molar-refractivity contribution < 1.29 is 28.0 Å². The number of sulfonamides is 1. The zero-order valence-corrected chi connectivity index (χ0v) is 16.5. The number of ether oxygens (including phenoxy) is 2. The number of quaternary nitrogens is 1. The van der Waals surface area contributed by atoms with Gasteiger partial charge in [0.05, 0.1) is 18.1 Å². The van der Waals surface area contributed by atoms with Crippen molar-refractivity contribution in [2.24, 2.45) is 0 Å². The Morgan fingerprint density at radius 3 is 2.78 bits per heavy atom. The molecule has 3 rings (SSSR count). The normalized spacial score (nSPS) is 21.3. The van der Waals surface area contributed by atoms with Crippen LogP contribution in [0.2, 0.25) is 0 Å². The molecule has 0 aromatic heterocycles. The summed E-state index contributed by atoms with van der Waals surface area (Å²) < 4.78 is 37.8. The summed E-state index contributed by atoms with van der Waals surface area (Å²) in [6, 6.07) is 4.84. The van der Waals surface area contributed by atoms with E-state index in [-0.39, 0.29) is 23.5 Å². The second kappa shape index (κ2) is 9.11. The molecule has 0 aliphatic carbocycles. The number of aryl methyl sites for hydroxylation is 1. The van der Waals surface area contributed by atoms with Gasteiger partial charge in [-0.2, -0.15) is 4.31 Å². The molecule has 150 valence electrons. The number of nitrogens with one attached hydrogen (secondary N) is 1. The van der Waals surface area contributed by atoms with Crippen LogP contribution < -0.4 is 10.6 Å². The summed E-state index contributed by atoms with van der Waals surface area (Å²) in [4.78, 5) is 12.4. The summed E-state index contributed by atoms with van der Waals surface area (Å²) >= 11 is 0. The second-order valence-corrected chi connectivity index (χ2v) is 8.84. The molecule has 0 spiro atoms. The van der Waals surface area contributed by atoms with E-state index in [1.165, 1.54) is 10.4 Å². The fraction of sp³-hybridized carbons (Fsp3) is 0.611. The molecule has 2 saturated heterocycles. The molecular weight excluding hydrogens is 370 g/mol. The Balaban J connectivity index is 1.61. The number of anilines is 1. The first-order chi connectivity index (χ1) is 13.0. The van der Waals surface area contributed by atoms with Crippen LogP contribution in [0, 0.1) is 6.92 Å². The number of hydrogen-bond donors (Lipinski definition) is 2. The molecule has 0 unspecified atom stereocenters. The molecular formula is C18H28N3O5S+. The highest BCUT2D eigenvalue weighted by atomic mass is 32.2. The number of carbonyl (C=O) groups is 1. The Hall–Kier alpha value is -1.52. The highest BCUT2D eigenvalue weighted by Gasteiger charge is 2.27. The molecule has 0 bridgehead atoms. The highest BCUT2D eigenvalue weighted by Crippen LogP contribution is 2.23. The maximum atomic E-state index is 12.8. The van der Waals surface area contributed by atoms with Crippen LogP contribution in [0.15, 0.2) is 23.1 Å². The van der Waals surface area contributed by atoms with Gasteiger partial charge in [0.15, 0.2) is 6.54 Å². The van der Waals surface area contributed by atoms with Gasteiger partial charge in [-0.1, -0.05) is 6.07 Å². The third-order valence-electron chi connectivity index (χ3n) is 4.87. The molecule has 2 heterocycles. The van der Waals surface area contributed by atoms with Crippen molar-refractivity contribution in [2.75, 3.05) is 51.3 Å².